The molecule has 3 N–H and O–H groups in total. The van der Waals surface area contributed by atoms with Gasteiger partial charge in [-0.15, -0.1) is 16.4 Å². The predicted octanol–water partition coefficient (Wildman–Crippen LogP) is 3.21. The van der Waals surface area contributed by atoms with Gasteiger partial charge in [0.15, 0.2) is 11.6 Å². The predicted molar refractivity (Wildman–Crippen MR) is 126 cm³/mol. The van der Waals surface area contributed by atoms with Crippen LogP contribution in [0, 0.1) is 0 Å². The highest BCUT2D eigenvalue weighted by Crippen LogP contribution is 2.40. The number of hydrogen-bond donors (Lipinski definition) is 3. The summed E-state index contributed by atoms with van der Waals surface area (Å²) in [7, 11) is 0. The molecule has 2 fully saturated rings. The number of nitrogens with one attached hydrogen (secondary N) is 3. The van der Waals surface area contributed by atoms with Gasteiger partial charge in [0.2, 0.25) is 11.9 Å². The Hall–Kier alpha value is -3.47. The first kappa shape index (κ1) is 20.2. The maximum atomic E-state index is 13.2. The number of rotatable bonds is 7. The Morgan fingerprint density at radius 1 is 1.39 bits per heavy atom. The number of thiazole rings is 1. The first-order valence-electron chi connectivity index (χ1n) is 11.2. The molecule has 11 heteroatoms. The van der Waals surface area contributed by atoms with Crippen molar-refractivity contribution in [2.45, 2.75) is 50.6 Å². The Kier molecular flexibility index (Phi) is 4.79. The summed E-state index contributed by atoms with van der Waals surface area (Å²) in [6, 6.07) is 5.94. The highest BCUT2D eigenvalue weighted by Gasteiger charge is 2.45. The number of anilines is 3. The van der Waals surface area contributed by atoms with Crippen molar-refractivity contribution in [2.75, 3.05) is 16.8 Å². The second-order valence-electron chi connectivity index (χ2n) is 8.84. The van der Waals surface area contributed by atoms with Crippen LogP contribution in [0.5, 0.6) is 0 Å². The summed E-state index contributed by atoms with van der Waals surface area (Å²) in [6.07, 6.45) is 7.68. The van der Waals surface area contributed by atoms with Crippen molar-refractivity contribution in [3.8, 4) is 0 Å². The van der Waals surface area contributed by atoms with E-state index in [1.54, 1.807) is 10.7 Å². The number of hydrogen-bond acceptors (Lipinski definition) is 8. The molecule has 10 nitrogen and oxygen atoms in total. The lowest BCUT2D eigenvalue weighted by atomic mass is 9.98. The molecule has 0 radical (unpaired) electrons. The molecule has 5 heterocycles. The summed E-state index contributed by atoms with van der Waals surface area (Å²) < 4.78 is 1.80. The topological polar surface area (TPSA) is 116 Å². The minimum absolute atomic E-state index is 0.0395. The fraction of sp³-hybridized carbons (Fsp3) is 0.409. The van der Waals surface area contributed by atoms with Crippen LogP contribution in [0.15, 0.2) is 36.0 Å². The molecule has 1 atom stereocenters. The lowest BCUT2D eigenvalue weighted by Gasteiger charge is -2.33. The van der Waals surface area contributed by atoms with Crippen LogP contribution >= 0.6 is 11.3 Å². The van der Waals surface area contributed by atoms with E-state index >= 15 is 0 Å². The molecule has 2 aliphatic rings. The quantitative estimate of drug-likeness (QED) is 0.385. The molecule has 1 saturated heterocycles. The van der Waals surface area contributed by atoms with Crippen molar-refractivity contribution in [3.05, 3.63) is 46.7 Å². The van der Waals surface area contributed by atoms with Gasteiger partial charge < -0.3 is 15.5 Å². The Bertz CT molecular complexity index is 1290. The van der Waals surface area contributed by atoms with Crippen LogP contribution in [0.4, 0.5) is 17.6 Å². The molecule has 4 aromatic rings. The van der Waals surface area contributed by atoms with Crippen LogP contribution < -0.4 is 15.5 Å². The smallest absolute Gasteiger partial charge is 0.246 e. The third-order valence-electron chi connectivity index (χ3n) is 6.50. The van der Waals surface area contributed by atoms with Gasteiger partial charge in [-0.2, -0.15) is 10.1 Å². The van der Waals surface area contributed by atoms with E-state index in [4.69, 9.17) is 10.1 Å². The maximum absolute atomic E-state index is 13.2. The van der Waals surface area contributed by atoms with E-state index in [0.29, 0.717) is 30.8 Å². The van der Waals surface area contributed by atoms with Gasteiger partial charge in [-0.25, -0.2) is 9.50 Å². The van der Waals surface area contributed by atoms with E-state index < -0.39 is 5.54 Å². The van der Waals surface area contributed by atoms with Crippen LogP contribution in [0.25, 0.3) is 5.52 Å². The minimum atomic E-state index is -0.735. The molecule has 0 spiro atoms. The largest absolute Gasteiger partial charge is 0.348 e. The van der Waals surface area contributed by atoms with Gasteiger partial charge in [-0.3, -0.25) is 9.89 Å². The second-order valence-corrected chi connectivity index (χ2v) is 9.82. The Labute approximate surface area is 194 Å². The van der Waals surface area contributed by atoms with Gasteiger partial charge in [0.1, 0.15) is 16.1 Å². The standard InChI is InChI=1S/C22H25N9OS/c1-22(20(32)24-13-18-23-8-11-33-18)7-3-9-30(22)21-26-19(16-4-2-10-31(16)29-21)25-17-12-15(27-28-17)14-5-6-14/h2,4,8,10-12,14H,3,5-7,9,13H2,1H3,(H,24,32)(H2,25,26,27,28,29)/t22-/m0/s1. The van der Waals surface area contributed by atoms with E-state index in [2.05, 4.69) is 25.8 Å². The monoisotopic (exact) mass is 463 g/mol. The summed E-state index contributed by atoms with van der Waals surface area (Å²) in [6.45, 7) is 3.09. The Morgan fingerprint density at radius 3 is 3.12 bits per heavy atom. The molecule has 170 valence electrons. The fourth-order valence-corrected chi connectivity index (χ4v) is 5.02. The molecule has 4 aromatic heterocycles. The molecule has 6 rings (SSSR count). The van der Waals surface area contributed by atoms with E-state index in [-0.39, 0.29) is 5.91 Å². The summed E-state index contributed by atoms with van der Waals surface area (Å²) in [4.78, 5) is 24.4. The lowest BCUT2D eigenvalue weighted by molar-refractivity contribution is -0.125. The van der Waals surface area contributed by atoms with Crippen LogP contribution in [0.1, 0.15) is 49.2 Å². The van der Waals surface area contributed by atoms with Gasteiger partial charge in [0, 0.05) is 42.0 Å². The molecule has 0 bridgehead atoms. The summed E-state index contributed by atoms with van der Waals surface area (Å²) >= 11 is 1.53. The van der Waals surface area contributed by atoms with Crippen molar-refractivity contribution < 1.29 is 4.79 Å². The molecule has 0 unspecified atom stereocenters. The first-order chi connectivity index (χ1) is 16.1. The summed E-state index contributed by atoms with van der Waals surface area (Å²) in [5, 5.41) is 21.5. The number of amides is 1. The highest BCUT2D eigenvalue weighted by molar-refractivity contribution is 7.09. The van der Waals surface area contributed by atoms with Crippen molar-refractivity contribution in [1.82, 2.24) is 35.1 Å². The number of nitrogens with zero attached hydrogens (tertiary/aromatic N) is 6. The molecular formula is C22H25N9OS. The summed E-state index contributed by atoms with van der Waals surface area (Å²) in [5.74, 6) is 2.47. The van der Waals surface area contributed by atoms with Crippen molar-refractivity contribution in [3.63, 3.8) is 0 Å². The fourth-order valence-electron chi connectivity index (χ4n) is 4.46. The highest BCUT2D eigenvalue weighted by atomic mass is 32.1. The molecular weight excluding hydrogens is 438 g/mol. The maximum Gasteiger partial charge on any atom is 0.246 e. The first-order valence-corrected chi connectivity index (χ1v) is 12.1. The van der Waals surface area contributed by atoms with Gasteiger partial charge in [-0.05, 0) is 44.7 Å². The van der Waals surface area contributed by atoms with Crippen molar-refractivity contribution >= 4 is 40.3 Å². The van der Waals surface area contributed by atoms with E-state index in [0.717, 1.165) is 34.9 Å². The molecule has 1 aliphatic carbocycles. The second kappa shape index (κ2) is 7.84. The van der Waals surface area contributed by atoms with Crippen LogP contribution in [-0.4, -0.2) is 47.8 Å². The zero-order valence-electron chi connectivity index (χ0n) is 18.3. The van der Waals surface area contributed by atoms with Gasteiger partial charge >= 0.3 is 0 Å². The third kappa shape index (κ3) is 3.71. The number of carbonyl (C=O) groups is 1. The lowest BCUT2D eigenvalue weighted by Crippen LogP contribution is -2.54. The number of aromatic amines is 1. The number of carbonyl (C=O) groups excluding carboxylic acids is 1. The third-order valence-corrected chi connectivity index (χ3v) is 7.28. The molecule has 1 aliphatic heterocycles. The van der Waals surface area contributed by atoms with Crippen LogP contribution in [0.3, 0.4) is 0 Å². The molecule has 1 amide bonds. The van der Waals surface area contributed by atoms with Gasteiger partial charge in [0.05, 0.1) is 6.54 Å². The van der Waals surface area contributed by atoms with Gasteiger partial charge in [-0.1, -0.05) is 0 Å². The summed E-state index contributed by atoms with van der Waals surface area (Å²) in [5.41, 5.74) is 1.27. The zero-order chi connectivity index (χ0) is 22.4. The average molecular weight is 464 g/mol. The molecule has 0 aromatic carbocycles. The molecule has 33 heavy (non-hydrogen) atoms. The van der Waals surface area contributed by atoms with Crippen LogP contribution in [-0.2, 0) is 11.3 Å². The van der Waals surface area contributed by atoms with E-state index in [1.807, 2.05) is 41.6 Å². The number of aromatic nitrogens is 6. The van der Waals surface area contributed by atoms with Crippen molar-refractivity contribution in [1.29, 1.82) is 0 Å². The SMILES string of the molecule is C[C@@]1(C(=O)NCc2nccs2)CCCN1c1nc(Nc2cc(C3CC3)[nH]n2)c2cccn2n1. The van der Waals surface area contributed by atoms with Gasteiger partial charge in [0.25, 0.3) is 0 Å². The number of fused-ring (bicyclic) bond motifs is 1. The van der Waals surface area contributed by atoms with Crippen molar-refractivity contribution in [2.24, 2.45) is 0 Å². The minimum Gasteiger partial charge on any atom is -0.348 e. The number of H-pyrrole nitrogens is 1. The Morgan fingerprint density at radius 2 is 2.30 bits per heavy atom. The Balaban J connectivity index is 1.29. The van der Waals surface area contributed by atoms with Crippen LogP contribution in [0.2, 0.25) is 0 Å². The zero-order valence-corrected chi connectivity index (χ0v) is 19.1. The molecule has 1 saturated carbocycles. The normalized spacial score (nSPS) is 20.5. The average Bonchev–Trinajstić information content (AvgIpc) is 3.26. The van der Waals surface area contributed by atoms with E-state index in [9.17, 15) is 4.79 Å². The van der Waals surface area contributed by atoms with E-state index in [1.165, 1.54) is 24.2 Å².